The maximum Gasteiger partial charge on any atom is 0.262 e. The molecular formula is C34H34N6O5. The van der Waals surface area contributed by atoms with E-state index in [9.17, 15) is 24.0 Å². The number of nitrogens with zero attached hydrogens (tertiary/aromatic N) is 4. The van der Waals surface area contributed by atoms with Crippen molar-refractivity contribution in [1.82, 2.24) is 30.3 Å². The van der Waals surface area contributed by atoms with Crippen molar-refractivity contribution in [3.63, 3.8) is 0 Å². The third-order valence-corrected chi connectivity index (χ3v) is 10.5. The van der Waals surface area contributed by atoms with Crippen LogP contribution in [0.25, 0.3) is 11.3 Å². The van der Waals surface area contributed by atoms with Crippen LogP contribution < -0.4 is 10.6 Å². The third-order valence-electron chi connectivity index (χ3n) is 10.5. The highest BCUT2D eigenvalue weighted by molar-refractivity contribution is 6.23. The lowest BCUT2D eigenvalue weighted by Gasteiger charge is -2.59. The summed E-state index contributed by atoms with van der Waals surface area (Å²) in [7, 11) is 0. The molecule has 45 heavy (non-hydrogen) atoms. The van der Waals surface area contributed by atoms with Gasteiger partial charge in [-0.1, -0.05) is 18.6 Å². The molecule has 2 N–H and O–H groups in total. The normalized spacial score (nSPS) is 25.1. The fraction of sp³-hybridized carbons (Fsp3) is 0.441. The Morgan fingerprint density at radius 2 is 1.82 bits per heavy atom. The summed E-state index contributed by atoms with van der Waals surface area (Å²) in [6, 6.07) is 9.91. The number of aryl methyl sites for hydroxylation is 1. The number of amides is 5. The zero-order valence-corrected chi connectivity index (χ0v) is 25.0. The number of piperidine rings is 1. The van der Waals surface area contributed by atoms with Gasteiger partial charge in [-0.3, -0.25) is 43.9 Å². The molecule has 4 heterocycles. The number of rotatable bonds is 7. The van der Waals surface area contributed by atoms with Crippen LogP contribution in [-0.2, 0) is 20.9 Å². The van der Waals surface area contributed by atoms with Crippen LogP contribution in [0, 0.1) is 18.3 Å². The monoisotopic (exact) mass is 606 g/mol. The summed E-state index contributed by atoms with van der Waals surface area (Å²) in [5.74, 6) is -2.01. The summed E-state index contributed by atoms with van der Waals surface area (Å²) in [5.41, 5.74) is 5.22. The first-order valence-electron chi connectivity index (χ1n) is 15.9. The average molecular weight is 607 g/mol. The van der Waals surface area contributed by atoms with Gasteiger partial charge in [0.25, 0.3) is 11.8 Å². The standard InChI is InChI=1S/C34H34N6O5/c1-18-4-2-5-25(36-18)24-17-39(38-28(24)20-7-8-20)29-23(15-34(29)12-3-13-34)30(42)35-16-19-6-9-21-22(14-19)33(45)40(32(21)44)26-10-11-27(41)37-31(26)43/h2,4-6,9,14,17,20,23,26,29H,3,7-8,10-13,15-16H2,1H3,(H,35,42)(H,37,41,43). The Labute approximate surface area is 259 Å². The highest BCUT2D eigenvalue weighted by atomic mass is 16.2. The second kappa shape index (κ2) is 10.2. The Bertz CT molecular complexity index is 1800. The van der Waals surface area contributed by atoms with Gasteiger partial charge in [0.05, 0.1) is 34.5 Å². The lowest BCUT2D eigenvalue weighted by molar-refractivity contribution is -0.151. The van der Waals surface area contributed by atoms with Crippen LogP contribution >= 0.6 is 0 Å². The van der Waals surface area contributed by atoms with Gasteiger partial charge in [0, 0.05) is 36.3 Å². The van der Waals surface area contributed by atoms with Crippen molar-refractivity contribution >= 4 is 29.5 Å². The molecule has 11 heteroatoms. The molecule has 3 saturated carbocycles. The smallest absolute Gasteiger partial charge is 0.262 e. The highest BCUT2D eigenvalue weighted by Gasteiger charge is 2.60. The van der Waals surface area contributed by atoms with E-state index in [2.05, 4.69) is 21.5 Å². The molecular weight excluding hydrogens is 572 g/mol. The molecule has 5 aliphatic rings. The molecule has 1 aromatic carbocycles. The first kappa shape index (κ1) is 27.8. The van der Waals surface area contributed by atoms with Gasteiger partial charge in [-0.15, -0.1) is 0 Å². The molecule has 1 spiro atoms. The van der Waals surface area contributed by atoms with E-state index in [1.165, 1.54) is 0 Å². The largest absolute Gasteiger partial charge is 0.352 e. The number of imide groups is 2. The number of aromatic nitrogens is 3. The van der Waals surface area contributed by atoms with Crippen molar-refractivity contribution in [2.75, 3.05) is 0 Å². The topological polar surface area (TPSA) is 143 Å². The van der Waals surface area contributed by atoms with E-state index in [1.807, 2.05) is 25.1 Å². The van der Waals surface area contributed by atoms with Gasteiger partial charge in [0.15, 0.2) is 0 Å². The second-order valence-corrected chi connectivity index (χ2v) is 13.4. The highest BCUT2D eigenvalue weighted by Crippen LogP contribution is 2.65. The predicted octanol–water partition coefficient (Wildman–Crippen LogP) is 3.58. The Hall–Kier alpha value is -4.67. The molecule has 3 aliphatic carbocycles. The van der Waals surface area contributed by atoms with E-state index in [-0.39, 0.29) is 53.8 Å². The summed E-state index contributed by atoms with van der Waals surface area (Å²) >= 11 is 0. The third kappa shape index (κ3) is 4.50. The van der Waals surface area contributed by atoms with E-state index in [4.69, 9.17) is 10.1 Å². The van der Waals surface area contributed by atoms with Gasteiger partial charge in [-0.25, -0.2) is 0 Å². The fourth-order valence-electron chi connectivity index (χ4n) is 7.81. The zero-order valence-electron chi connectivity index (χ0n) is 25.0. The van der Waals surface area contributed by atoms with Crippen LogP contribution in [0.15, 0.2) is 42.6 Å². The fourth-order valence-corrected chi connectivity index (χ4v) is 7.81. The second-order valence-electron chi connectivity index (χ2n) is 13.4. The van der Waals surface area contributed by atoms with Gasteiger partial charge >= 0.3 is 0 Å². The van der Waals surface area contributed by atoms with Crippen molar-refractivity contribution < 1.29 is 24.0 Å². The molecule has 1 saturated heterocycles. The van der Waals surface area contributed by atoms with Crippen LogP contribution in [0.4, 0.5) is 0 Å². The molecule has 3 atom stereocenters. The molecule has 3 unspecified atom stereocenters. The number of fused-ring (bicyclic) bond motifs is 1. The average Bonchev–Trinajstić information content (AvgIpc) is 3.69. The minimum atomic E-state index is -1.02. The molecule has 230 valence electrons. The molecule has 2 aromatic heterocycles. The number of hydrogen-bond acceptors (Lipinski definition) is 7. The van der Waals surface area contributed by atoms with Crippen molar-refractivity contribution in [3.8, 4) is 11.3 Å². The van der Waals surface area contributed by atoms with Crippen molar-refractivity contribution in [2.24, 2.45) is 11.3 Å². The number of pyridine rings is 1. The summed E-state index contributed by atoms with van der Waals surface area (Å²) in [5, 5.41) is 10.4. The summed E-state index contributed by atoms with van der Waals surface area (Å²) in [4.78, 5) is 69.6. The van der Waals surface area contributed by atoms with Gasteiger partial charge < -0.3 is 5.32 Å². The molecule has 2 aliphatic heterocycles. The number of carbonyl (C=O) groups excluding carboxylic acids is 5. The van der Waals surface area contributed by atoms with E-state index in [1.54, 1.807) is 18.2 Å². The molecule has 8 rings (SSSR count). The van der Waals surface area contributed by atoms with Gasteiger partial charge in [0.1, 0.15) is 6.04 Å². The summed E-state index contributed by atoms with van der Waals surface area (Å²) in [6.45, 7) is 2.19. The number of nitrogens with one attached hydrogen (secondary N) is 2. The minimum absolute atomic E-state index is 0.0244. The number of carbonyl (C=O) groups is 5. The quantitative estimate of drug-likeness (QED) is 0.392. The van der Waals surface area contributed by atoms with Gasteiger partial charge in [0.2, 0.25) is 17.7 Å². The van der Waals surface area contributed by atoms with Gasteiger partial charge in [-0.2, -0.15) is 5.10 Å². The maximum absolute atomic E-state index is 13.7. The van der Waals surface area contributed by atoms with Crippen LogP contribution in [-0.4, -0.2) is 55.2 Å². The molecule has 5 amide bonds. The lowest BCUT2D eigenvalue weighted by Crippen LogP contribution is -2.57. The van der Waals surface area contributed by atoms with E-state index >= 15 is 0 Å². The SMILES string of the molecule is Cc1cccc(-c2cn(C3C(C(=O)NCc4ccc5c(c4)C(=O)N(C4CCC(=O)NC4=O)C5=O)CC34CCC4)nc2C2CC2)n1. The molecule has 0 bridgehead atoms. The van der Waals surface area contributed by atoms with Crippen LogP contribution in [0.3, 0.4) is 0 Å². The summed E-state index contributed by atoms with van der Waals surface area (Å²) < 4.78 is 2.06. The molecule has 4 fully saturated rings. The van der Waals surface area contributed by atoms with E-state index in [0.717, 1.165) is 66.1 Å². The Kier molecular flexibility index (Phi) is 6.30. The molecule has 11 nitrogen and oxygen atoms in total. The first-order chi connectivity index (χ1) is 21.7. The summed E-state index contributed by atoms with van der Waals surface area (Å²) in [6.07, 6.45) is 8.66. The molecule has 3 aromatic rings. The van der Waals surface area contributed by atoms with Crippen molar-refractivity contribution in [2.45, 2.75) is 82.8 Å². The lowest BCUT2D eigenvalue weighted by atomic mass is 9.48. The van der Waals surface area contributed by atoms with Crippen molar-refractivity contribution in [1.29, 1.82) is 0 Å². The zero-order chi connectivity index (χ0) is 31.0. The Morgan fingerprint density at radius 1 is 1.02 bits per heavy atom. The molecule has 0 radical (unpaired) electrons. The van der Waals surface area contributed by atoms with E-state index in [0.29, 0.717) is 11.5 Å². The number of hydrogen-bond donors (Lipinski definition) is 2. The van der Waals surface area contributed by atoms with Crippen LogP contribution in [0.1, 0.15) is 101 Å². The van der Waals surface area contributed by atoms with Crippen LogP contribution in [0.5, 0.6) is 0 Å². The number of benzene rings is 1. The van der Waals surface area contributed by atoms with Crippen molar-refractivity contribution in [3.05, 3.63) is 70.7 Å². The van der Waals surface area contributed by atoms with Gasteiger partial charge in [-0.05, 0) is 80.7 Å². The minimum Gasteiger partial charge on any atom is -0.352 e. The van der Waals surface area contributed by atoms with Crippen LogP contribution in [0.2, 0.25) is 0 Å². The Balaban J connectivity index is 0.997. The first-order valence-corrected chi connectivity index (χ1v) is 15.9. The predicted molar refractivity (Wildman–Crippen MR) is 161 cm³/mol. The Morgan fingerprint density at radius 3 is 2.53 bits per heavy atom. The van der Waals surface area contributed by atoms with E-state index < -0.39 is 29.7 Å². The maximum atomic E-state index is 13.7.